The molecule has 0 saturated heterocycles. The normalized spacial score (nSPS) is 18.6. The van der Waals surface area contributed by atoms with Crippen molar-refractivity contribution in [3.63, 3.8) is 0 Å². The van der Waals surface area contributed by atoms with Gasteiger partial charge in [-0.05, 0) is 31.2 Å². The highest BCUT2D eigenvalue weighted by molar-refractivity contribution is 5.93. The lowest BCUT2D eigenvalue weighted by Gasteiger charge is -2.31. The van der Waals surface area contributed by atoms with Crippen LogP contribution in [0.3, 0.4) is 0 Å². The summed E-state index contributed by atoms with van der Waals surface area (Å²) in [7, 11) is 0. The van der Waals surface area contributed by atoms with Gasteiger partial charge in [0, 0.05) is 12.6 Å². The molecule has 9 nitrogen and oxygen atoms in total. The van der Waals surface area contributed by atoms with Crippen molar-refractivity contribution in [1.82, 2.24) is 5.32 Å². The van der Waals surface area contributed by atoms with Crippen molar-refractivity contribution in [1.29, 1.82) is 0 Å². The minimum atomic E-state index is -1.25. The van der Waals surface area contributed by atoms with Gasteiger partial charge in [-0.25, -0.2) is 4.79 Å². The summed E-state index contributed by atoms with van der Waals surface area (Å²) >= 11 is 0. The van der Waals surface area contributed by atoms with Crippen LogP contribution in [0.15, 0.2) is 48.2 Å². The van der Waals surface area contributed by atoms with E-state index in [4.69, 9.17) is 9.47 Å². The second-order valence-corrected chi connectivity index (χ2v) is 5.26. The van der Waals surface area contributed by atoms with Gasteiger partial charge >= 0.3 is 11.9 Å². The fourth-order valence-electron chi connectivity index (χ4n) is 2.14. The van der Waals surface area contributed by atoms with Gasteiger partial charge in [0.25, 0.3) is 5.09 Å². The van der Waals surface area contributed by atoms with Crippen LogP contribution < -0.4 is 10.1 Å². The molecule has 1 aromatic carbocycles. The molecule has 0 radical (unpaired) electrons. The monoisotopic (exact) mass is 348 g/mol. The van der Waals surface area contributed by atoms with Gasteiger partial charge in [-0.15, -0.1) is 10.1 Å². The Morgan fingerprint density at radius 1 is 1.32 bits per heavy atom. The number of hydrogen-bond donors (Lipinski definition) is 1. The number of nitrogens with zero attached hydrogens (tertiary/aromatic N) is 1. The van der Waals surface area contributed by atoms with Crippen molar-refractivity contribution < 1.29 is 29.0 Å². The molecular formula is C16H16N2O7. The summed E-state index contributed by atoms with van der Waals surface area (Å²) in [6.07, 6.45) is 4.71. The van der Waals surface area contributed by atoms with Gasteiger partial charge in [-0.1, -0.05) is 18.2 Å². The Morgan fingerprint density at radius 3 is 2.72 bits per heavy atom. The van der Waals surface area contributed by atoms with Gasteiger partial charge < -0.3 is 19.6 Å². The second kappa shape index (κ2) is 7.47. The molecule has 9 heteroatoms. The summed E-state index contributed by atoms with van der Waals surface area (Å²) < 4.78 is 10.4. The molecule has 132 valence electrons. The number of hydrogen-bond acceptors (Lipinski definition) is 8. The molecule has 0 fully saturated rings. The number of allylic oxidation sites excluding steroid dienone is 2. The Balaban J connectivity index is 2.10. The maximum Gasteiger partial charge on any atom is 0.344 e. The van der Waals surface area contributed by atoms with E-state index in [1.807, 2.05) is 0 Å². The molecule has 1 N–H and O–H groups in total. The van der Waals surface area contributed by atoms with Crippen LogP contribution in [-0.4, -0.2) is 29.4 Å². The van der Waals surface area contributed by atoms with Gasteiger partial charge in [0.05, 0.1) is 0 Å². The minimum Gasteiger partial charge on any atom is -0.432 e. The average Bonchev–Trinajstić information content (AvgIpc) is 2.52. The van der Waals surface area contributed by atoms with Gasteiger partial charge in [-0.2, -0.15) is 0 Å². The highest BCUT2D eigenvalue weighted by Gasteiger charge is 2.30. The Bertz CT molecular complexity index is 757. The van der Waals surface area contributed by atoms with Crippen LogP contribution in [0.4, 0.5) is 0 Å². The molecule has 1 aliphatic rings. The van der Waals surface area contributed by atoms with E-state index in [9.17, 15) is 19.7 Å². The maximum absolute atomic E-state index is 12.4. The molecule has 1 unspecified atom stereocenters. The summed E-state index contributed by atoms with van der Waals surface area (Å²) in [5.41, 5.74) is -0.806. The van der Waals surface area contributed by atoms with E-state index in [1.54, 1.807) is 37.3 Å². The van der Waals surface area contributed by atoms with Crippen LogP contribution in [0.1, 0.15) is 24.2 Å². The highest BCUT2D eigenvalue weighted by atomic mass is 16.9. The zero-order valence-electron chi connectivity index (χ0n) is 13.6. The van der Waals surface area contributed by atoms with Gasteiger partial charge in [-0.3, -0.25) is 4.79 Å². The average molecular weight is 348 g/mol. The Hall–Kier alpha value is -3.36. The lowest BCUT2D eigenvalue weighted by Crippen LogP contribution is -2.46. The topological polar surface area (TPSA) is 117 Å². The molecule has 0 amide bonds. The minimum absolute atomic E-state index is 0.0757. The Morgan fingerprint density at radius 2 is 2.04 bits per heavy atom. The maximum atomic E-state index is 12.4. The Labute approximate surface area is 143 Å². The third-order valence-corrected chi connectivity index (χ3v) is 3.11. The lowest BCUT2D eigenvalue weighted by atomic mass is 10.1. The molecule has 1 atom stereocenters. The zero-order valence-corrected chi connectivity index (χ0v) is 13.6. The first-order valence-electron chi connectivity index (χ1n) is 7.24. The number of nitrogens with one attached hydrogen (secondary N) is 1. The van der Waals surface area contributed by atoms with Crippen molar-refractivity contribution in [2.24, 2.45) is 0 Å². The number of rotatable bonds is 6. The number of carbonyl (C=O) groups excluding carboxylic acids is 2. The second-order valence-electron chi connectivity index (χ2n) is 5.26. The number of benzene rings is 1. The summed E-state index contributed by atoms with van der Waals surface area (Å²) in [6, 6.07) is 6.15. The van der Waals surface area contributed by atoms with Crippen LogP contribution in [0.25, 0.3) is 0 Å². The number of ether oxygens (including phenoxy) is 2. The first kappa shape index (κ1) is 18.0. The molecule has 0 saturated carbocycles. The number of para-hydroxylation sites is 1. The first-order valence-corrected chi connectivity index (χ1v) is 7.24. The van der Waals surface area contributed by atoms with E-state index >= 15 is 0 Å². The standard InChI is InChI=1S/C16H16N2O7/c1-11(19)24-14-8-4-3-7-13(14)15(20)25-16(2)9-5-6-12(17-16)10-23-18(21)22/h3-9,17H,10H2,1-2H3. The van der Waals surface area contributed by atoms with Crippen molar-refractivity contribution in [3.8, 4) is 5.75 Å². The van der Waals surface area contributed by atoms with E-state index < -0.39 is 22.8 Å². The third-order valence-electron chi connectivity index (χ3n) is 3.11. The van der Waals surface area contributed by atoms with Crippen molar-refractivity contribution >= 4 is 11.9 Å². The molecular weight excluding hydrogens is 332 g/mol. The molecule has 0 aliphatic carbocycles. The summed E-state index contributed by atoms with van der Waals surface area (Å²) in [5, 5.41) is 12.2. The van der Waals surface area contributed by atoms with Crippen molar-refractivity contribution in [2.75, 3.05) is 6.61 Å². The zero-order chi connectivity index (χ0) is 18.4. The predicted molar refractivity (Wildman–Crippen MR) is 84.9 cm³/mol. The third kappa shape index (κ3) is 5.06. The van der Waals surface area contributed by atoms with E-state index in [0.717, 1.165) is 0 Å². The van der Waals surface area contributed by atoms with Crippen LogP contribution in [0.2, 0.25) is 0 Å². The van der Waals surface area contributed by atoms with Crippen LogP contribution >= 0.6 is 0 Å². The van der Waals surface area contributed by atoms with Gasteiger partial charge in [0.15, 0.2) is 0 Å². The lowest BCUT2D eigenvalue weighted by molar-refractivity contribution is -0.755. The summed E-state index contributed by atoms with van der Waals surface area (Å²) in [6.45, 7) is 2.48. The van der Waals surface area contributed by atoms with Gasteiger partial charge in [0.2, 0.25) is 5.72 Å². The van der Waals surface area contributed by atoms with E-state index in [1.165, 1.54) is 19.1 Å². The number of dihydropyridines is 1. The summed E-state index contributed by atoms with van der Waals surface area (Å²) in [4.78, 5) is 38.1. The molecule has 0 spiro atoms. The SMILES string of the molecule is CC(=O)Oc1ccccc1C(=O)OC1(C)C=CC=C(CO[N+](=O)[O-])N1. The fourth-order valence-corrected chi connectivity index (χ4v) is 2.14. The molecule has 1 aromatic rings. The number of carbonyl (C=O) groups is 2. The number of esters is 2. The fraction of sp³-hybridized carbons (Fsp3) is 0.250. The van der Waals surface area contributed by atoms with Crippen LogP contribution in [-0.2, 0) is 14.4 Å². The molecule has 1 heterocycles. The Kier molecular flexibility index (Phi) is 5.38. The molecule has 25 heavy (non-hydrogen) atoms. The van der Waals surface area contributed by atoms with Crippen LogP contribution in [0, 0.1) is 10.1 Å². The highest BCUT2D eigenvalue weighted by Crippen LogP contribution is 2.23. The van der Waals surface area contributed by atoms with E-state index in [-0.39, 0.29) is 17.9 Å². The molecule has 1 aliphatic heterocycles. The van der Waals surface area contributed by atoms with E-state index in [0.29, 0.717) is 5.70 Å². The van der Waals surface area contributed by atoms with E-state index in [2.05, 4.69) is 10.2 Å². The molecule has 0 aromatic heterocycles. The smallest absolute Gasteiger partial charge is 0.344 e. The quantitative estimate of drug-likeness (QED) is 0.357. The predicted octanol–water partition coefficient (Wildman–Crippen LogP) is 1.74. The van der Waals surface area contributed by atoms with Crippen molar-refractivity contribution in [3.05, 3.63) is 63.9 Å². The largest absolute Gasteiger partial charge is 0.432 e. The van der Waals surface area contributed by atoms with Crippen LogP contribution in [0.5, 0.6) is 5.75 Å². The molecule has 0 bridgehead atoms. The summed E-state index contributed by atoms with van der Waals surface area (Å²) in [5.74, 6) is -1.21. The first-order chi connectivity index (χ1) is 11.8. The molecule has 2 rings (SSSR count). The van der Waals surface area contributed by atoms with Crippen molar-refractivity contribution in [2.45, 2.75) is 19.6 Å². The van der Waals surface area contributed by atoms with Gasteiger partial charge in [0.1, 0.15) is 17.9 Å².